The molecule has 10 heavy (non-hydrogen) atoms. The number of rotatable bonds is 0. The summed E-state index contributed by atoms with van der Waals surface area (Å²) in [5.74, 6) is 0. The van der Waals surface area contributed by atoms with Gasteiger partial charge in [-0.15, -0.1) is 0 Å². The minimum atomic E-state index is -0.164. The van der Waals surface area contributed by atoms with Gasteiger partial charge in [-0.3, -0.25) is 0 Å². The lowest BCUT2D eigenvalue weighted by atomic mass is 10.4. The minimum absolute atomic E-state index is 0.164. The first-order chi connectivity index (χ1) is 4.70. The largest absolute Gasteiger partial charge is 0.343 e. The van der Waals surface area contributed by atoms with Crippen molar-refractivity contribution in [3.63, 3.8) is 0 Å². The Hall–Kier alpha value is -1.12. The van der Waals surface area contributed by atoms with Crippen LogP contribution in [0.15, 0.2) is 17.1 Å². The van der Waals surface area contributed by atoms with Crippen LogP contribution in [0.5, 0.6) is 0 Å². The van der Waals surface area contributed by atoms with Gasteiger partial charge in [0, 0.05) is 19.3 Å². The summed E-state index contributed by atoms with van der Waals surface area (Å²) >= 11 is 0. The molecule has 54 valence electrons. The maximum absolute atomic E-state index is 10.9. The highest BCUT2D eigenvalue weighted by atomic mass is 16.2. The first kappa shape index (κ1) is 6.99. The number of carbonyl (C=O) groups is 1. The molecule has 1 aliphatic rings. The fourth-order valence-corrected chi connectivity index (χ4v) is 0.733. The summed E-state index contributed by atoms with van der Waals surface area (Å²) in [6.07, 6.45) is 3.77. The Morgan fingerprint density at radius 2 is 2.40 bits per heavy atom. The van der Waals surface area contributed by atoms with Crippen molar-refractivity contribution in [2.75, 3.05) is 13.6 Å². The summed E-state index contributed by atoms with van der Waals surface area (Å²) in [6.45, 7) is 2.47. The standard InChI is InChI=1S/C7H10N2O/c1-6-4-3-5-9(2)7(10)8-6/h3-4H,5H2,1-2H3. The average molecular weight is 138 g/mol. The van der Waals surface area contributed by atoms with Crippen molar-refractivity contribution in [3.05, 3.63) is 12.2 Å². The molecule has 3 nitrogen and oxygen atoms in total. The van der Waals surface area contributed by atoms with Crippen molar-refractivity contribution in [3.8, 4) is 0 Å². The van der Waals surface area contributed by atoms with Crippen LogP contribution in [0.3, 0.4) is 0 Å². The Morgan fingerprint density at radius 3 is 3.10 bits per heavy atom. The molecule has 0 fully saturated rings. The molecule has 0 spiro atoms. The normalized spacial score (nSPS) is 18.8. The smallest absolute Gasteiger partial charge is 0.322 e. The topological polar surface area (TPSA) is 32.7 Å². The fraction of sp³-hybridized carbons (Fsp3) is 0.429. The molecule has 0 aromatic carbocycles. The third kappa shape index (κ3) is 1.43. The van der Waals surface area contributed by atoms with Crippen LogP contribution in [0.1, 0.15) is 6.92 Å². The lowest BCUT2D eigenvalue weighted by Crippen LogP contribution is -2.22. The number of nitrogens with zero attached hydrogens (tertiary/aromatic N) is 2. The Balaban J connectivity index is 2.81. The van der Waals surface area contributed by atoms with Crippen molar-refractivity contribution in [2.45, 2.75) is 6.92 Å². The molecule has 1 heterocycles. The van der Waals surface area contributed by atoms with Crippen LogP contribution < -0.4 is 0 Å². The van der Waals surface area contributed by atoms with E-state index in [1.54, 1.807) is 11.9 Å². The van der Waals surface area contributed by atoms with E-state index in [1.807, 2.05) is 19.1 Å². The molecular formula is C7H10N2O. The van der Waals surface area contributed by atoms with Gasteiger partial charge in [-0.2, -0.15) is 4.99 Å². The van der Waals surface area contributed by atoms with Crippen LogP contribution in [-0.4, -0.2) is 30.2 Å². The fourth-order valence-electron chi connectivity index (χ4n) is 0.733. The van der Waals surface area contributed by atoms with Crippen LogP contribution in [0.4, 0.5) is 4.79 Å². The molecule has 2 amide bonds. The van der Waals surface area contributed by atoms with Crippen LogP contribution in [0, 0.1) is 0 Å². The highest BCUT2D eigenvalue weighted by molar-refractivity contribution is 6.01. The van der Waals surface area contributed by atoms with E-state index in [1.165, 1.54) is 0 Å². The Labute approximate surface area is 60.1 Å². The molecule has 0 aromatic heterocycles. The van der Waals surface area contributed by atoms with E-state index in [9.17, 15) is 4.79 Å². The molecule has 0 bridgehead atoms. The lowest BCUT2D eigenvalue weighted by Gasteiger charge is -2.08. The maximum atomic E-state index is 10.9. The first-order valence-electron chi connectivity index (χ1n) is 3.17. The third-order valence-electron chi connectivity index (χ3n) is 1.34. The van der Waals surface area contributed by atoms with Crippen LogP contribution >= 0.6 is 0 Å². The molecule has 0 N–H and O–H groups in total. The molecule has 0 atom stereocenters. The van der Waals surface area contributed by atoms with Crippen molar-refractivity contribution in [1.29, 1.82) is 0 Å². The molecule has 1 aliphatic heterocycles. The predicted molar refractivity (Wildman–Crippen MR) is 40.3 cm³/mol. The van der Waals surface area contributed by atoms with Crippen molar-refractivity contribution in [2.24, 2.45) is 4.99 Å². The van der Waals surface area contributed by atoms with Gasteiger partial charge in [-0.1, -0.05) is 6.08 Å². The van der Waals surface area contributed by atoms with E-state index in [4.69, 9.17) is 0 Å². The first-order valence-corrected chi connectivity index (χ1v) is 3.17. The SMILES string of the molecule is CC1=NC(=O)N(C)CC=C1. The van der Waals surface area contributed by atoms with E-state index in [2.05, 4.69) is 4.99 Å². The summed E-state index contributed by atoms with van der Waals surface area (Å²) in [6, 6.07) is -0.164. The highest BCUT2D eigenvalue weighted by Gasteiger charge is 2.06. The molecule has 0 unspecified atom stereocenters. The number of urea groups is 1. The van der Waals surface area contributed by atoms with Crippen LogP contribution in [-0.2, 0) is 0 Å². The number of aliphatic imine (C=N–C) groups is 1. The van der Waals surface area contributed by atoms with Crippen molar-refractivity contribution < 1.29 is 4.79 Å². The van der Waals surface area contributed by atoms with Gasteiger partial charge in [-0.25, -0.2) is 4.79 Å². The van der Waals surface area contributed by atoms with Gasteiger partial charge < -0.3 is 4.90 Å². The Kier molecular flexibility index (Phi) is 1.85. The zero-order chi connectivity index (χ0) is 7.56. The lowest BCUT2D eigenvalue weighted by molar-refractivity contribution is 0.223. The van der Waals surface area contributed by atoms with Gasteiger partial charge >= 0.3 is 6.03 Å². The number of carbonyl (C=O) groups excluding carboxylic acids is 1. The quantitative estimate of drug-likeness (QED) is 0.492. The summed E-state index contributed by atoms with van der Waals surface area (Å²) in [7, 11) is 1.73. The molecule has 1 rings (SSSR count). The van der Waals surface area contributed by atoms with E-state index in [-0.39, 0.29) is 6.03 Å². The van der Waals surface area contributed by atoms with Crippen molar-refractivity contribution in [1.82, 2.24) is 4.90 Å². The van der Waals surface area contributed by atoms with Gasteiger partial charge in [-0.05, 0) is 13.0 Å². The Bertz CT molecular complexity index is 206. The van der Waals surface area contributed by atoms with E-state index in [0.29, 0.717) is 6.54 Å². The summed E-state index contributed by atoms with van der Waals surface area (Å²) in [5.41, 5.74) is 0.773. The van der Waals surface area contributed by atoms with Gasteiger partial charge in [0.1, 0.15) is 0 Å². The van der Waals surface area contributed by atoms with Crippen LogP contribution in [0.25, 0.3) is 0 Å². The maximum Gasteiger partial charge on any atom is 0.343 e. The zero-order valence-corrected chi connectivity index (χ0v) is 6.16. The van der Waals surface area contributed by atoms with Gasteiger partial charge in [0.25, 0.3) is 0 Å². The summed E-state index contributed by atoms with van der Waals surface area (Å²) in [5, 5.41) is 0. The summed E-state index contributed by atoms with van der Waals surface area (Å²) < 4.78 is 0. The molecule has 0 saturated carbocycles. The second kappa shape index (κ2) is 2.64. The van der Waals surface area contributed by atoms with Gasteiger partial charge in [0.15, 0.2) is 0 Å². The molecule has 0 radical (unpaired) electrons. The van der Waals surface area contributed by atoms with Crippen LogP contribution in [0.2, 0.25) is 0 Å². The third-order valence-corrected chi connectivity index (χ3v) is 1.34. The van der Waals surface area contributed by atoms with E-state index in [0.717, 1.165) is 5.71 Å². The molecule has 0 saturated heterocycles. The molecule has 0 aliphatic carbocycles. The van der Waals surface area contributed by atoms with E-state index >= 15 is 0 Å². The predicted octanol–water partition coefficient (Wildman–Crippen LogP) is 1.07. The number of hydrogen-bond acceptors (Lipinski definition) is 1. The zero-order valence-electron chi connectivity index (χ0n) is 6.16. The molecule has 0 aromatic rings. The second-order valence-electron chi connectivity index (χ2n) is 2.32. The van der Waals surface area contributed by atoms with E-state index < -0.39 is 0 Å². The van der Waals surface area contributed by atoms with Gasteiger partial charge in [0.05, 0.1) is 0 Å². The monoisotopic (exact) mass is 138 g/mol. The average Bonchev–Trinajstić information content (AvgIpc) is 1.96. The number of hydrogen-bond donors (Lipinski definition) is 0. The molecule has 3 heteroatoms. The number of allylic oxidation sites excluding steroid dienone is 1. The van der Waals surface area contributed by atoms with Crippen molar-refractivity contribution >= 4 is 11.7 Å². The summed E-state index contributed by atoms with van der Waals surface area (Å²) in [4.78, 5) is 16.3. The second-order valence-corrected chi connectivity index (χ2v) is 2.32. The Morgan fingerprint density at radius 1 is 1.70 bits per heavy atom. The molecular weight excluding hydrogens is 128 g/mol. The van der Waals surface area contributed by atoms with Gasteiger partial charge in [0.2, 0.25) is 0 Å². The number of amides is 2. The highest BCUT2D eigenvalue weighted by Crippen LogP contribution is 1.96. The minimum Gasteiger partial charge on any atom is -0.322 e. The number of likely N-dealkylation sites (N-methyl/N-ethyl adjacent to an activating group) is 1.